The molecule has 0 unspecified atom stereocenters. The van der Waals surface area contributed by atoms with Gasteiger partial charge in [0, 0.05) is 28.1 Å². The van der Waals surface area contributed by atoms with E-state index in [9.17, 15) is 14.9 Å². The van der Waals surface area contributed by atoms with E-state index in [-0.39, 0.29) is 17.6 Å². The highest BCUT2D eigenvalue weighted by atomic mass is 79.9. The second-order valence-corrected chi connectivity index (χ2v) is 6.48. The third-order valence-corrected chi connectivity index (χ3v) is 4.56. The van der Waals surface area contributed by atoms with E-state index in [4.69, 9.17) is 0 Å². The van der Waals surface area contributed by atoms with Crippen LogP contribution in [0.5, 0.6) is 0 Å². The summed E-state index contributed by atoms with van der Waals surface area (Å²) in [5, 5.41) is 13.8. The Balaban J connectivity index is 2.02. The van der Waals surface area contributed by atoms with E-state index in [2.05, 4.69) is 21.2 Å². The van der Waals surface area contributed by atoms with Gasteiger partial charge < -0.3 is 5.32 Å². The van der Waals surface area contributed by atoms with Gasteiger partial charge in [-0.2, -0.15) is 0 Å². The molecule has 1 N–H and O–H groups in total. The minimum atomic E-state index is -0.436. The normalized spacial score (nSPS) is 22.3. The molecule has 0 spiro atoms. The number of halogens is 1. The lowest BCUT2D eigenvalue weighted by Gasteiger charge is -2.26. The van der Waals surface area contributed by atoms with E-state index >= 15 is 0 Å². The minimum absolute atomic E-state index is 0.0429. The number of benzene rings is 1. The largest absolute Gasteiger partial charge is 0.349 e. The van der Waals surface area contributed by atoms with Gasteiger partial charge in [0.05, 0.1) is 4.92 Å². The molecule has 20 heavy (non-hydrogen) atoms. The fourth-order valence-corrected chi connectivity index (χ4v) is 3.00. The molecule has 6 heteroatoms. The monoisotopic (exact) mass is 340 g/mol. The van der Waals surface area contributed by atoms with Gasteiger partial charge in [0.25, 0.3) is 11.6 Å². The maximum absolute atomic E-state index is 12.1. The van der Waals surface area contributed by atoms with Gasteiger partial charge in [0.2, 0.25) is 0 Å². The molecule has 1 aliphatic rings. The maximum atomic E-state index is 12.1. The Kier molecular flexibility index (Phi) is 4.75. The molecule has 0 atom stereocenters. The molecule has 1 amide bonds. The second-order valence-electron chi connectivity index (χ2n) is 5.18. The third kappa shape index (κ3) is 3.56. The van der Waals surface area contributed by atoms with E-state index in [1.165, 1.54) is 12.1 Å². The first-order chi connectivity index (χ1) is 9.47. The standard InChI is InChI=1S/C14H17BrN2O3/c1-9-8-10(2-7-13(9)17(19)20)14(18)16-12-5-3-11(15)4-6-12/h2,7-8,11-12H,3-6H2,1H3,(H,16,18). The average molecular weight is 341 g/mol. The summed E-state index contributed by atoms with van der Waals surface area (Å²) in [6.45, 7) is 1.64. The number of hydrogen-bond donors (Lipinski definition) is 1. The van der Waals surface area contributed by atoms with Crippen LogP contribution in [0.25, 0.3) is 0 Å². The third-order valence-electron chi connectivity index (χ3n) is 3.65. The van der Waals surface area contributed by atoms with Gasteiger partial charge in [0.15, 0.2) is 0 Å². The molecule has 0 heterocycles. The van der Waals surface area contributed by atoms with Gasteiger partial charge in [-0.1, -0.05) is 15.9 Å². The number of nitro groups is 1. The lowest BCUT2D eigenvalue weighted by Crippen LogP contribution is -2.37. The van der Waals surface area contributed by atoms with Crippen LogP contribution in [0.3, 0.4) is 0 Å². The first-order valence-electron chi connectivity index (χ1n) is 6.67. The average Bonchev–Trinajstić information content (AvgIpc) is 2.40. The lowest BCUT2D eigenvalue weighted by molar-refractivity contribution is -0.385. The number of nitrogens with zero attached hydrogens (tertiary/aromatic N) is 1. The Bertz CT molecular complexity index is 525. The maximum Gasteiger partial charge on any atom is 0.272 e. The molecule has 1 saturated carbocycles. The van der Waals surface area contributed by atoms with Crippen LogP contribution in [0.4, 0.5) is 5.69 Å². The highest BCUT2D eigenvalue weighted by Gasteiger charge is 2.21. The van der Waals surface area contributed by atoms with Gasteiger partial charge in [0.1, 0.15) is 0 Å². The van der Waals surface area contributed by atoms with Crippen LogP contribution < -0.4 is 5.32 Å². The predicted octanol–water partition coefficient (Wildman–Crippen LogP) is 3.34. The number of rotatable bonds is 3. The van der Waals surface area contributed by atoms with Crippen LogP contribution in [0.15, 0.2) is 18.2 Å². The zero-order valence-electron chi connectivity index (χ0n) is 11.3. The number of carbonyl (C=O) groups excluding carboxylic acids is 1. The van der Waals surface area contributed by atoms with Crippen molar-refractivity contribution < 1.29 is 9.72 Å². The van der Waals surface area contributed by atoms with Crippen LogP contribution in [0.2, 0.25) is 0 Å². The Labute approximate surface area is 126 Å². The van der Waals surface area contributed by atoms with E-state index in [1.54, 1.807) is 13.0 Å². The summed E-state index contributed by atoms with van der Waals surface area (Å²) in [5.74, 6) is -0.152. The van der Waals surface area contributed by atoms with Crippen molar-refractivity contribution in [3.63, 3.8) is 0 Å². The van der Waals surface area contributed by atoms with Crippen molar-refractivity contribution >= 4 is 27.5 Å². The number of aryl methyl sites for hydroxylation is 1. The Morgan fingerprint density at radius 2 is 2.00 bits per heavy atom. The quantitative estimate of drug-likeness (QED) is 0.521. The topological polar surface area (TPSA) is 72.2 Å². The van der Waals surface area contributed by atoms with E-state index < -0.39 is 4.92 Å². The van der Waals surface area contributed by atoms with Crippen LogP contribution in [0.1, 0.15) is 41.6 Å². The van der Waals surface area contributed by atoms with Crippen molar-refractivity contribution in [1.29, 1.82) is 0 Å². The SMILES string of the molecule is Cc1cc(C(=O)NC2CCC(Br)CC2)ccc1[N+](=O)[O-]. The van der Waals surface area contributed by atoms with Crippen LogP contribution in [0, 0.1) is 17.0 Å². The number of amides is 1. The molecule has 1 aliphatic carbocycles. The summed E-state index contributed by atoms with van der Waals surface area (Å²) in [6, 6.07) is 4.67. The minimum Gasteiger partial charge on any atom is -0.349 e. The number of carbonyl (C=O) groups is 1. The van der Waals surface area contributed by atoms with Gasteiger partial charge in [-0.25, -0.2) is 0 Å². The summed E-state index contributed by atoms with van der Waals surface area (Å²) >= 11 is 3.58. The number of hydrogen-bond acceptors (Lipinski definition) is 3. The van der Waals surface area contributed by atoms with Gasteiger partial charge in [-0.3, -0.25) is 14.9 Å². The number of alkyl halides is 1. The summed E-state index contributed by atoms with van der Waals surface area (Å²) < 4.78 is 0. The molecule has 1 aromatic carbocycles. The number of nitrogens with one attached hydrogen (secondary N) is 1. The van der Waals surface area contributed by atoms with Gasteiger partial charge in [-0.15, -0.1) is 0 Å². The molecule has 0 aromatic heterocycles. The summed E-state index contributed by atoms with van der Waals surface area (Å²) in [5.41, 5.74) is 1.03. The summed E-state index contributed by atoms with van der Waals surface area (Å²) in [7, 11) is 0. The molecule has 1 fully saturated rings. The van der Waals surface area contributed by atoms with Crippen LogP contribution >= 0.6 is 15.9 Å². The van der Waals surface area contributed by atoms with Crippen molar-refractivity contribution in [2.24, 2.45) is 0 Å². The fourth-order valence-electron chi connectivity index (χ4n) is 2.47. The van der Waals surface area contributed by atoms with Gasteiger partial charge in [-0.05, 0) is 44.7 Å². The van der Waals surface area contributed by atoms with Crippen molar-refractivity contribution in [3.05, 3.63) is 39.4 Å². The van der Waals surface area contributed by atoms with E-state index in [0.717, 1.165) is 25.7 Å². The summed E-state index contributed by atoms with van der Waals surface area (Å²) in [4.78, 5) is 23.0. The molecule has 1 aromatic rings. The lowest BCUT2D eigenvalue weighted by atomic mass is 9.95. The molecule has 0 aliphatic heterocycles. The predicted molar refractivity (Wildman–Crippen MR) is 80.3 cm³/mol. The molecule has 2 rings (SSSR count). The van der Waals surface area contributed by atoms with Crippen molar-refractivity contribution in [1.82, 2.24) is 5.32 Å². The fraction of sp³-hybridized carbons (Fsp3) is 0.500. The van der Waals surface area contributed by atoms with Crippen molar-refractivity contribution in [2.75, 3.05) is 0 Å². The second kappa shape index (κ2) is 6.35. The number of nitro benzene ring substituents is 1. The smallest absolute Gasteiger partial charge is 0.272 e. The molecular weight excluding hydrogens is 324 g/mol. The zero-order valence-corrected chi connectivity index (χ0v) is 12.9. The van der Waals surface area contributed by atoms with Crippen LogP contribution in [-0.4, -0.2) is 21.7 Å². The van der Waals surface area contributed by atoms with Gasteiger partial charge >= 0.3 is 0 Å². The molecule has 0 bridgehead atoms. The zero-order chi connectivity index (χ0) is 14.7. The van der Waals surface area contributed by atoms with Crippen molar-refractivity contribution in [2.45, 2.75) is 43.5 Å². The van der Waals surface area contributed by atoms with E-state index in [0.29, 0.717) is 16.0 Å². The van der Waals surface area contributed by atoms with Crippen LogP contribution in [-0.2, 0) is 0 Å². The van der Waals surface area contributed by atoms with E-state index in [1.807, 2.05) is 0 Å². The molecular formula is C14H17BrN2O3. The first-order valence-corrected chi connectivity index (χ1v) is 7.59. The van der Waals surface area contributed by atoms with Crippen molar-refractivity contribution in [3.8, 4) is 0 Å². The summed E-state index contributed by atoms with van der Waals surface area (Å²) in [6.07, 6.45) is 4.05. The molecule has 108 valence electrons. The first kappa shape index (κ1) is 15.0. The molecule has 0 radical (unpaired) electrons. The Hall–Kier alpha value is -1.43. The molecule has 5 nitrogen and oxygen atoms in total. The Morgan fingerprint density at radius 1 is 1.35 bits per heavy atom. The highest BCUT2D eigenvalue weighted by Crippen LogP contribution is 2.25. The Morgan fingerprint density at radius 3 is 2.55 bits per heavy atom. The molecule has 0 saturated heterocycles. The highest BCUT2D eigenvalue weighted by molar-refractivity contribution is 9.09.